The lowest BCUT2D eigenvalue weighted by Crippen LogP contribution is -2.29. The second kappa shape index (κ2) is 5.77. The van der Waals surface area contributed by atoms with E-state index in [1.165, 1.54) is 18.2 Å². The van der Waals surface area contributed by atoms with Gasteiger partial charge in [-0.25, -0.2) is 4.79 Å². The van der Waals surface area contributed by atoms with Gasteiger partial charge in [-0.05, 0) is 17.7 Å². The molecule has 0 heterocycles. The van der Waals surface area contributed by atoms with Crippen LogP contribution in [0.4, 0.5) is 0 Å². The fourth-order valence-corrected chi connectivity index (χ4v) is 1.43. The molecule has 1 aromatic rings. The van der Waals surface area contributed by atoms with Crippen molar-refractivity contribution >= 4 is 23.9 Å². The molecule has 0 aliphatic rings. The molecule has 2 unspecified atom stereocenters. The topological polar surface area (TPSA) is 83.8 Å². The minimum absolute atomic E-state index is 0.167. The zero-order valence-electron chi connectivity index (χ0n) is 8.96. The van der Waals surface area contributed by atoms with E-state index in [4.69, 9.17) is 11.6 Å². The van der Waals surface area contributed by atoms with Gasteiger partial charge in [0.2, 0.25) is 0 Å². The molecular weight excluding hydrogens is 248 g/mol. The van der Waals surface area contributed by atoms with Gasteiger partial charge in [0.25, 0.3) is 0 Å². The first-order valence-corrected chi connectivity index (χ1v) is 5.07. The number of carbonyl (C=O) groups excluding carboxylic acids is 2. The van der Waals surface area contributed by atoms with Crippen molar-refractivity contribution in [2.45, 2.75) is 12.2 Å². The molecule has 0 bridgehead atoms. The number of esters is 1. The van der Waals surface area contributed by atoms with E-state index in [1.807, 2.05) is 0 Å². The Morgan fingerprint density at radius 3 is 2.65 bits per heavy atom. The van der Waals surface area contributed by atoms with Crippen molar-refractivity contribution in [3.63, 3.8) is 0 Å². The maximum absolute atomic E-state index is 11.0. The van der Waals surface area contributed by atoms with Crippen molar-refractivity contribution in [1.82, 2.24) is 0 Å². The van der Waals surface area contributed by atoms with E-state index in [-0.39, 0.29) is 16.1 Å². The number of carbonyl (C=O) groups is 2. The number of aliphatic hydroxyl groups is 2. The van der Waals surface area contributed by atoms with Crippen LogP contribution in [-0.2, 0) is 9.53 Å². The molecule has 0 fully saturated rings. The van der Waals surface area contributed by atoms with Gasteiger partial charge in [-0.15, -0.1) is 0 Å². The van der Waals surface area contributed by atoms with Crippen LogP contribution >= 0.6 is 11.6 Å². The number of ether oxygens (including phenoxy) is 1. The first-order chi connectivity index (χ1) is 8.01. The monoisotopic (exact) mass is 258 g/mol. The van der Waals surface area contributed by atoms with E-state index < -0.39 is 18.2 Å². The Morgan fingerprint density at radius 2 is 2.12 bits per heavy atom. The molecule has 6 heteroatoms. The molecule has 1 aromatic carbocycles. The van der Waals surface area contributed by atoms with Crippen LogP contribution in [0, 0.1) is 0 Å². The molecule has 5 nitrogen and oxygen atoms in total. The number of aldehydes is 1. The highest BCUT2D eigenvalue weighted by molar-refractivity contribution is 6.32. The molecule has 0 aliphatic carbocycles. The molecule has 0 radical (unpaired) electrons. The van der Waals surface area contributed by atoms with E-state index in [0.717, 1.165) is 7.11 Å². The molecule has 17 heavy (non-hydrogen) atoms. The summed E-state index contributed by atoms with van der Waals surface area (Å²) in [6, 6.07) is 4.10. The Kier molecular flexibility index (Phi) is 4.62. The Balaban J connectivity index is 3.00. The molecule has 0 amide bonds. The van der Waals surface area contributed by atoms with Crippen molar-refractivity contribution in [2.24, 2.45) is 0 Å². The zero-order valence-corrected chi connectivity index (χ0v) is 9.72. The van der Waals surface area contributed by atoms with Crippen molar-refractivity contribution in [3.8, 4) is 0 Å². The van der Waals surface area contributed by atoms with Crippen LogP contribution in [0.25, 0.3) is 0 Å². The SMILES string of the molecule is COC(=O)C(O)C(O)c1ccc(Cl)c(C=O)c1. The van der Waals surface area contributed by atoms with Gasteiger partial charge in [-0.3, -0.25) is 4.79 Å². The molecule has 2 atom stereocenters. The average Bonchev–Trinajstić information content (AvgIpc) is 2.36. The molecule has 0 saturated carbocycles. The summed E-state index contributed by atoms with van der Waals surface area (Å²) in [6.45, 7) is 0. The molecule has 0 saturated heterocycles. The van der Waals surface area contributed by atoms with Crippen molar-refractivity contribution in [3.05, 3.63) is 34.3 Å². The lowest BCUT2D eigenvalue weighted by Gasteiger charge is -2.16. The highest BCUT2D eigenvalue weighted by atomic mass is 35.5. The lowest BCUT2D eigenvalue weighted by atomic mass is 10.0. The molecular formula is C11H11ClO5. The van der Waals surface area contributed by atoms with Gasteiger partial charge >= 0.3 is 5.97 Å². The molecule has 92 valence electrons. The molecule has 0 spiro atoms. The first-order valence-electron chi connectivity index (χ1n) is 4.69. The fraction of sp³-hybridized carbons (Fsp3) is 0.273. The van der Waals surface area contributed by atoms with E-state index in [9.17, 15) is 19.8 Å². The third-order valence-corrected chi connectivity index (χ3v) is 2.57. The highest BCUT2D eigenvalue weighted by Crippen LogP contribution is 2.22. The Morgan fingerprint density at radius 1 is 1.47 bits per heavy atom. The quantitative estimate of drug-likeness (QED) is 0.614. The van der Waals surface area contributed by atoms with Gasteiger partial charge in [0.1, 0.15) is 6.10 Å². The lowest BCUT2D eigenvalue weighted by molar-refractivity contribution is -0.156. The Bertz CT molecular complexity index is 432. The van der Waals surface area contributed by atoms with E-state index in [0.29, 0.717) is 6.29 Å². The van der Waals surface area contributed by atoms with Crippen molar-refractivity contribution in [2.75, 3.05) is 7.11 Å². The normalized spacial score (nSPS) is 13.9. The second-order valence-electron chi connectivity index (χ2n) is 3.31. The highest BCUT2D eigenvalue weighted by Gasteiger charge is 2.26. The molecule has 2 N–H and O–H groups in total. The predicted octanol–water partition coefficient (Wildman–Crippen LogP) is 0.720. The second-order valence-corrected chi connectivity index (χ2v) is 3.72. The van der Waals surface area contributed by atoms with E-state index in [2.05, 4.69) is 4.74 Å². The van der Waals surface area contributed by atoms with Crippen LogP contribution in [-0.4, -0.2) is 35.7 Å². The van der Waals surface area contributed by atoms with Gasteiger partial charge in [0.15, 0.2) is 12.4 Å². The van der Waals surface area contributed by atoms with Gasteiger partial charge in [0.05, 0.1) is 12.1 Å². The predicted molar refractivity (Wildman–Crippen MR) is 59.8 cm³/mol. The standard InChI is InChI=1S/C11H11ClO5/c1-17-11(16)10(15)9(14)6-2-3-8(12)7(4-6)5-13/h2-5,9-10,14-15H,1H3. The summed E-state index contributed by atoms with van der Waals surface area (Å²) in [5.41, 5.74) is 0.370. The van der Waals surface area contributed by atoms with Crippen molar-refractivity contribution in [1.29, 1.82) is 0 Å². The number of hydrogen-bond donors (Lipinski definition) is 2. The van der Waals surface area contributed by atoms with Crippen LogP contribution in [0.5, 0.6) is 0 Å². The number of halogens is 1. The van der Waals surface area contributed by atoms with Crippen LogP contribution in [0.3, 0.4) is 0 Å². The maximum Gasteiger partial charge on any atom is 0.337 e. The summed E-state index contributed by atoms with van der Waals surface area (Å²) in [4.78, 5) is 21.7. The largest absolute Gasteiger partial charge is 0.467 e. The van der Waals surface area contributed by atoms with E-state index in [1.54, 1.807) is 0 Å². The number of benzene rings is 1. The van der Waals surface area contributed by atoms with Crippen LogP contribution in [0.2, 0.25) is 5.02 Å². The van der Waals surface area contributed by atoms with Gasteiger partial charge in [0, 0.05) is 5.56 Å². The number of hydrogen-bond acceptors (Lipinski definition) is 5. The summed E-state index contributed by atoms with van der Waals surface area (Å²) in [7, 11) is 1.09. The molecule has 0 aliphatic heterocycles. The van der Waals surface area contributed by atoms with Gasteiger partial charge < -0.3 is 14.9 Å². The Labute approximate surface area is 103 Å². The number of rotatable bonds is 4. The van der Waals surface area contributed by atoms with Crippen LogP contribution in [0.15, 0.2) is 18.2 Å². The summed E-state index contributed by atoms with van der Waals surface area (Å²) in [5, 5.41) is 19.3. The Hall–Kier alpha value is -1.43. The number of methoxy groups -OCH3 is 1. The third kappa shape index (κ3) is 3.03. The average molecular weight is 259 g/mol. The van der Waals surface area contributed by atoms with Crippen LogP contribution < -0.4 is 0 Å². The number of aliphatic hydroxyl groups excluding tert-OH is 2. The third-order valence-electron chi connectivity index (χ3n) is 2.23. The van der Waals surface area contributed by atoms with Gasteiger partial charge in [-0.2, -0.15) is 0 Å². The minimum atomic E-state index is -1.71. The minimum Gasteiger partial charge on any atom is -0.467 e. The summed E-state index contributed by atoms with van der Waals surface area (Å²) in [5.74, 6) is -0.958. The maximum atomic E-state index is 11.0. The van der Waals surface area contributed by atoms with Gasteiger partial charge in [-0.1, -0.05) is 17.7 Å². The summed E-state index contributed by atoms with van der Waals surface area (Å²) >= 11 is 5.70. The van der Waals surface area contributed by atoms with E-state index >= 15 is 0 Å². The fourth-order valence-electron chi connectivity index (χ4n) is 1.27. The van der Waals surface area contributed by atoms with Crippen molar-refractivity contribution < 1.29 is 24.5 Å². The first kappa shape index (κ1) is 13.6. The molecule has 1 rings (SSSR count). The van der Waals surface area contributed by atoms with Crippen LogP contribution in [0.1, 0.15) is 22.0 Å². The summed E-state index contributed by atoms with van der Waals surface area (Å²) < 4.78 is 4.29. The summed E-state index contributed by atoms with van der Waals surface area (Å²) in [6.07, 6.45) is -2.66. The zero-order chi connectivity index (χ0) is 13.0. The molecule has 0 aromatic heterocycles. The smallest absolute Gasteiger partial charge is 0.337 e.